The molecule has 0 saturated heterocycles. The summed E-state index contributed by atoms with van der Waals surface area (Å²) in [7, 11) is 0. The summed E-state index contributed by atoms with van der Waals surface area (Å²) >= 11 is 1.53. The van der Waals surface area contributed by atoms with Gasteiger partial charge in [0.2, 0.25) is 0 Å². The van der Waals surface area contributed by atoms with Crippen molar-refractivity contribution in [2.75, 3.05) is 12.3 Å². The van der Waals surface area contributed by atoms with E-state index < -0.39 is 5.60 Å². The summed E-state index contributed by atoms with van der Waals surface area (Å²) in [6.07, 6.45) is 0. The van der Waals surface area contributed by atoms with Gasteiger partial charge < -0.3 is 10.1 Å². The third-order valence-corrected chi connectivity index (χ3v) is 3.73. The number of hydrogen-bond donors (Lipinski definition) is 1. The lowest BCUT2D eigenvalue weighted by Crippen LogP contribution is -2.24. The summed E-state index contributed by atoms with van der Waals surface area (Å²) in [5.74, 6) is 0.184. The van der Waals surface area contributed by atoms with Crippen molar-refractivity contribution in [1.29, 1.82) is 0 Å². The molecule has 1 aromatic rings. The maximum absolute atomic E-state index is 11.7. The van der Waals surface area contributed by atoms with Crippen molar-refractivity contribution in [2.24, 2.45) is 0 Å². The van der Waals surface area contributed by atoms with E-state index in [2.05, 4.69) is 37.4 Å². The van der Waals surface area contributed by atoms with Crippen molar-refractivity contribution in [2.45, 2.75) is 51.7 Å². The fraction of sp³-hybridized carbons (Fsp3) is 0.562. The van der Waals surface area contributed by atoms with Gasteiger partial charge in [0.25, 0.3) is 0 Å². The van der Waals surface area contributed by atoms with Crippen molar-refractivity contribution < 1.29 is 9.53 Å². The first kappa shape index (κ1) is 17.1. The molecule has 0 aliphatic carbocycles. The Hall–Kier alpha value is -1.00. The van der Waals surface area contributed by atoms with Crippen molar-refractivity contribution in [3.8, 4) is 0 Å². The second kappa shape index (κ2) is 7.70. The monoisotopic (exact) mass is 295 g/mol. The highest BCUT2D eigenvalue weighted by atomic mass is 32.2. The molecule has 0 aromatic heterocycles. The summed E-state index contributed by atoms with van der Waals surface area (Å²) in [4.78, 5) is 12.8. The summed E-state index contributed by atoms with van der Waals surface area (Å²) in [6.45, 7) is 11.7. The van der Waals surface area contributed by atoms with Crippen LogP contribution in [0.1, 0.15) is 38.8 Å². The largest absolute Gasteiger partial charge is 0.459 e. The van der Waals surface area contributed by atoms with Crippen LogP contribution in [0.2, 0.25) is 0 Å². The van der Waals surface area contributed by atoms with E-state index in [9.17, 15) is 4.79 Å². The van der Waals surface area contributed by atoms with Gasteiger partial charge in [-0.1, -0.05) is 19.1 Å². The lowest BCUT2D eigenvalue weighted by molar-refractivity contribution is -0.151. The number of ether oxygens (including phenoxy) is 1. The van der Waals surface area contributed by atoms with Crippen LogP contribution in [0.25, 0.3) is 0 Å². The lowest BCUT2D eigenvalue weighted by atomic mass is 10.1. The summed E-state index contributed by atoms with van der Waals surface area (Å²) in [5, 5.41) is 3.31. The molecule has 0 radical (unpaired) electrons. The van der Waals surface area contributed by atoms with Crippen LogP contribution < -0.4 is 5.32 Å². The zero-order valence-corrected chi connectivity index (χ0v) is 13.9. The molecule has 3 nitrogen and oxygen atoms in total. The standard InChI is InChI=1S/C16H25NO2S/c1-6-17-10-13-7-8-14(12(2)9-13)20-11-15(18)19-16(3,4)5/h7-9,17H,6,10-11H2,1-5H3. The van der Waals surface area contributed by atoms with Crippen LogP contribution in [-0.2, 0) is 16.1 Å². The second-order valence-electron chi connectivity index (χ2n) is 5.76. The van der Waals surface area contributed by atoms with Gasteiger partial charge in [0.05, 0.1) is 5.75 Å². The van der Waals surface area contributed by atoms with E-state index in [0.717, 1.165) is 18.0 Å². The number of hydrogen-bond acceptors (Lipinski definition) is 4. The molecule has 0 fully saturated rings. The Kier molecular flexibility index (Phi) is 6.56. The highest BCUT2D eigenvalue weighted by Gasteiger charge is 2.16. The van der Waals surface area contributed by atoms with Crippen LogP contribution in [0.5, 0.6) is 0 Å². The van der Waals surface area contributed by atoms with Crippen LogP contribution in [0.15, 0.2) is 23.1 Å². The number of benzene rings is 1. The Morgan fingerprint density at radius 2 is 2.05 bits per heavy atom. The molecule has 1 rings (SSSR count). The van der Waals surface area contributed by atoms with Crippen LogP contribution in [0, 0.1) is 6.92 Å². The Bertz CT molecular complexity index is 452. The van der Waals surface area contributed by atoms with E-state index >= 15 is 0 Å². The van der Waals surface area contributed by atoms with Crippen LogP contribution in [0.4, 0.5) is 0 Å². The van der Waals surface area contributed by atoms with Crippen LogP contribution in [-0.4, -0.2) is 23.9 Å². The van der Waals surface area contributed by atoms with Crippen molar-refractivity contribution >= 4 is 17.7 Å². The topological polar surface area (TPSA) is 38.3 Å². The normalized spacial score (nSPS) is 11.4. The van der Waals surface area contributed by atoms with Gasteiger partial charge in [0.1, 0.15) is 5.60 Å². The first-order valence-electron chi connectivity index (χ1n) is 6.96. The number of carbonyl (C=O) groups excluding carboxylic acids is 1. The van der Waals surface area contributed by atoms with Gasteiger partial charge in [-0.15, -0.1) is 11.8 Å². The molecule has 0 heterocycles. The first-order chi connectivity index (χ1) is 9.31. The summed E-state index contributed by atoms with van der Waals surface area (Å²) in [6, 6.07) is 6.35. The number of aryl methyl sites for hydroxylation is 1. The molecule has 112 valence electrons. The molecule has 1 aromatic carbocycles. The van der Waals surface area contributed by atoms with Crippen LogP contribution in [0.3, 0.4) is 0 Å². The van der Waals surface area contributed by atoms with Gasteiger partial charge >= 0.3 is 5.97 Å². The molecule has 0 amide bonds. The van der Waals surface area contributed by atoms with Crippen LogP contribution >= 0.6 is 11.8 Å². The van der Waals surface area contributed by atoms with Gasteiger partial charge in [-0.05, 0) is 51.4 Å². The molecule has 1 N–H and O–H groups in total. The van der Waals surface area contributed by atoms with Gasteiger partial charge in [0, 0.05) is 11.4 Å². The molecule has 0 unspecified atom stereocenters. The molecule has 20 heavy (non-hydrogen) atoms. The number of nitrogens with one attached hydrogen (secondary N) is 1. The zero-order valence-electron chi connectivity index (χ0n) is 13.1. The predicted molar refractivity (Wildman–Crippen MR) is 85.1 cm³/mol. The SMILES string of the molecule is CCNCc1ccc(SCC(=O)OC(C)(C)C)c(C)c1. The molecule has 0 aliphatic rings. The second-order valence-corrected chi connectivity index (χ2v) is 6.77. The fourth-order valence-electron chi connectivity index (χ4n) is 1.76. The lowest BCUT2D eigenvalue weighted by Gasteiger charge is -2.19. The van der Waals surface area contributed by atoms with Gasteiger partial charge in [-0.2, -0.15) is 0 Å². The number of esters is 1. The van der Waals surface area contributed by atoms with E-state index in [0.29, 0.717) is 5.75 Å². The van der Waals surface area contributed by atoms with Crippen molar-refractivity contribution in [3.05, 3.63) is 29.3 Å². The van der Waals surface area contributed by atoms with Crippen molar-refractivity contribution in [1.82, 2.24) is 5.32 Å². The third kappa shape index (κ3) is 6.44. The molecular formula is C16H25NO2S. The van der Waals surface area contributed by atoms with Gasteiger partial charge in [0.15, 0.2) is 0 Å². The highest BCUT2D eigenvalue weighted by molar-refractivity contribution is 8.00. The first-order valence-corrected chi connectivity index (χ1v) is 7.95. The van der Waals surface area contributed by atoms with Gasteiger partial charge in [-0.3, -0.25) is 4.79 Å². The minimum atomic E-state index is -0.414. The Morgan fingerprint density at radius 3 is 2.60 bits per heavy atom. The molecule has 0 bridgehead atoms. The quantitative estimate of drug-likeness (QED) is 0.643. The number of thioether (sulfide) groups is 1. The molecule has 0 aliphatic heterocycles. The third-order valence-electron chi connectivity index (χ3n) is 2.58. The molecule has 0 atom stereocenters. The van der Waals surface area contributed by atoms with E-state index in [1.165, 1.54) is 22.9 Å². The minimum absolute atomic E-state index is 0.168. The summed E-state index contributed by atoms with van der Waals surface area (Å²) in [5.41, 5.74) is 2.06. The van der Waals surface area contributed by atoms with Crippen molar-refractivity contribution in [3.63, 3.8) is 0 Å². The fourth-order valence-corrected chi connectivity index (χ4v) is 2.54. The Labute approximate surface area is 126 Å². The zero-order chi connectivity index (χ0) is 15.2. The van der Waals surface area contributed by atoms with E-state index in [1.54, 1.807) is 0 Å². The molecule has 0 spiro atoms. The average molecular weight is 295 g/mol. The Balaban J connectivity index is 2.54. The minimum Gasteiger partial charge on any atom is -0.459 e. The maximum atomic E-state index is 11.7. The smallest absolute Gasteiger partial charge is 0.316 e. The molecule has 4 heteroatoms. The van der Waals surface area contributed by atoms with E-state index in [1.807, 2.05) is 20.8 Å². The van der Waals surface area contributed by atoms with E-state index in [-0.39, 0.29) is 5.97 Å². The average Bonchev–Trinajstić information content (AvgIpc) is 2.33. The number of rotatable bonds is 6. The highest BCUT2D eigenvalue weighted by Crippen LogP contribution is 2.24. The molecule has 0 saturated carbocycles. The van der Waals surface area contributed by atoms with E-state index in [4.69, 9.17) is 4.74 Å². The summed E-state index contributed by atoms with van der Waals surface area (Å²) < 4.78 is 5.31. The number of carbonyl (C=O) groups is 1. The molecular weight excluding hydrogens is 270 g/mol. The predicted octanol–water partition coefficient (Wildman–Crippen LogP) is 3.54. The Morgan fingerprint density at radius 1 is 1.35 bits per heavy atom. The van der Waals surface area contributed by atoms with Gasteiger partial charge in [-0.25, -0.2) is 0 Å². The maximum Gasteiger partial charge on any atom is 0.316 e.